The van der Waals surface area contributed by atoms with E-state index in [0.29, 0.717) is 29.5 Å². The number of hydrogen-bond donors (Lipinski definition) is 1. The van der Waals surface area contributed by atoms with Crippen molar-refractivity contribution in [1.29, 1.82) is 0 Å². The molecule has 1 aliphatic heterocycles. The fourth-order valence-corrected chi connectivity index (χ4v) is 9.57. The summed E-state index contributed by atoms with van der Waals surface area (Å²) >= 11 is 0. The van der Waals surface area contributed by atoms with Crippen molar-refractivity contribution < 1.29 is 19.1 Å². The average molecular weight is 357 g/mol. The zero-order valence-electron chi connectivity index (χ0n) is 16.4. The summed E-state index contributed by atoms with van der Waals surface area (Å²) in [6.45, 7) is 15.2. The molecule has 0 aromatic carbocycles. The van der Waals surface area contributed by atoms with E-state index in [1.807, 2.05) is 13.0 Å². The van der Waals surface area contributed by atoms with Crippen LogP contribution in [0.15, 0.2) is 12.2 Å². The van der Waals surface area contributed by atoms with E-state index in [0.717, 1.165) is 0 Å². The Kier molecular flexibility index (Phi) is 8.16. The van der Waals surface area contributed by atoms with Crippen LogP contribution in [0, 0.1) is 0 Å². The highest BCUT2D eigenvalue weighted by atomic mass is 28.4. The van der Waals surface area contributed by atoms with Gasteiger partial charge in [-0.1, -0.05) is 53.7 Å². The Balaban J connectivity index is 3.08. The number of ether oxygens (including phenoxy) is 1. The SMILES string of the molecule is CC(C)[Si](O[C@@H]1/C=C/[C@H](O)CC[C@@H](C)OC(=O)C1)(C(C)C)C(C)C. The van der Waals surface area contributed by atoms with Crippen LogP contribution in [0.4, 0.5) is 0 Å². The van der Waals surface area contributed by atoms with Gasteiger partial charge < -0.3 is 14.3 Å². The maximum atomic E-state index is 12.2. The molecule has 0 saturated heterocycles. The Morgan fingerprint density at radius 1 is 1.08 bits per heavy atom. The van der Waals surface area contributed by atoms with Gasteiger partial charge in [0.1, 0.15) is 0 Å². The number of esters is 1. The smallest absolute Gasteiger partial charge is 0.308 e. The van der Waals surface area contributed by atoms with E-state index in [1.54, 1.807) is 6.08 Å². The van der Waals surface area contributed by atoms with E-state index in [2.05, 4.69) is 41.5 Å². The maximum absolute atomic E-state index is 12.2. The Bertz CT molecular complexity index is 409. The minimum atomic E-state index is -2.09. The Hall–Kier alpha value is -0.653. The van der Waals surface area contributed by atoms with Crippen LogP contribution < -0.4 is 0 Å². The largest absolute Gasteiger partial charge is 0.463 e. The summed E-state index contributed by atoms with van der Waals surface area (Å²) in [4.78, 5) is 12.2. The van der Waals surface area contributed by atoms with Crippen LogP contribution in [0.1, 0.15) is 67.7 Å². The van der Waals surface area contributed by atoms with E-state index >= 15 is 0 Å². The molecule has 0 aromatic heterocycles. The summed E-state index contributed by atoms with van der Waals surface area (Å²) in [5.41, 5.74) is 1.34. The molecule has 0 saturated carbocycles. The molecule has 1 heterocycles. The monoisotopic (exact) mass is 356 g/mol. The molecule has 1 rings (SSSR count). The van der Waals surface area contributed by atoms with Crippen molar-refractivity contribution in [2.45, 2.75) is 103 Å². The van der Waals surface area contributed by atoms with E-state index in [1.165, 1.54) is 0 Å². The molecule has 3 atom stereocenters. The molecule has 5 heteroatoms. The van der Waals surface area contributed by atoms with E-state index in [4.69, 9.17) is 9.16 Å². The van der Waals surface area contributed by atoms with Gasteiger partial charge in [0, 0.05) is 0 Å². The van der Waals surface area contributed by atoms with Gasteiger partial charge in [0.2, 0.25) is 8.32 Å². The topological polar surface area (TPSA) is 55.8 Å². The van der Waals surface area contributed by atoms with Gasteiger partial charge in [-0.3, -0.25) is 4.79 Å². The fourth-order valence-electron chi connectivity index (χ4n) is 4.07. The fraction of sp³-hybridized carbons (Fsp3) is 0.842. The summed E-state index contributed by atoms with van der Waals surface area (Å²) in [5, 5.41) is 10.1. The lowest BCUT2D eigenvalue weighted by Gasteiger charge is -2.44. The lowest BCUT2D eigenvalue weighted by Crippen LogP contribution is -2.50. The molecule has 0 aliphatic carbocycles. The third kappa shape index (κ3) is 5.43. The second-order valence-electron chi connectivity index (χ2n) is 8.01. The highest BCUT2D eigenvalue weighted by Crippen LogP contribution is 2.43. The summed E-state index contributed by atoms with van der Waals surface area (Å²) in [5.74, 6) is -0.215. The van der Waals surface area contributed by atoms with Crippen molar-refractivity contribution in [3.63, 3.8) is 0 Å². The molecule has 1 N–H and O–H groups in total. The van der Waals surface area contributed by atoms with Crippen molar-refractivity contribution in [2.75, 3.05) is 0 Å². The number of cyclic esters (lactones) is 1. The standard InChI is InChI=1S/C19H36O4Si/c1-13(2)24(14(3)4,15(5)6)23-18-11-10-17(20)9-8-16(7)22-19(21)12-18/h10-11,13-18,20H,8-9,12H2,1-7H3/b11-10+/t16-,17-,18-/m1/s1. The zero-order valence-corrected chi connectivity index (χ0v) is 17.4. The first-order valence-electron chi connectivity index (χ1n) is 9.33. The molecule has 0 unspecified atom stereocenters. The average Bonchev–Trinajstić information content (AvgIpc) is 2.45. The number of aliphatic hydroxyl groups excluding tert-OH is 1. The minimum absolute atomic E-state index is 0.165. The third-order valence-corrected chi connectivity index (χ3v) is 11.3. The van der Waals surface area contributed by atoms with E-state index in [-0.39, 0.29) is 24.6 Å². The van der Waals surface area contributed by atoms with Crippen molar-refractivity contribution >= 4 is 14.3 Å². The first-order chi connectivity index (χ1) is 11.1. The Morgan fingerprint density at radius 3 is 2.12 bits per heavy atom. The summed E-state index contributed by atoms with van der Waals surface area (Å²) in [6, 6.07) is 0. The lowest BCUT2D eigenvalue weighted by atomic mass is 10.1. The van der Waals surface area contributed by atoms with Gasteiger partial charge in [0.25, 0.3) is 0 Å². The van der Waals surface area contributed by atoms with Gasteiger partial charge in [-0.05, 0) is 36.4 Å². The summed E-state index contributed by atoms with van der Waals surface area (Å²) < 4.78 is 12.1. The van der Waals surface area contributed by atoms with Crippen molar-refractivity contribution in [1.82, 2.24) is 0 Å². The van der Waals surface area contributed by atoms with Crippen LogP contribution in [0.5, 0.6) is 0 Å². The molecule has 0 spiro atoms. The van der Waals surface area contributed by atoms with Gasteiger partial charge in [0.05, 0.1) is 24.7 Å². The van der Waals surface area contributed by atoms with Crippen LogP contribution in [0.25, 0.3) is 0 Å². The number of rotatable bonds is 5. The van der Waals surface area contributed by atoms with Crippen LogP contribution in [0.3, 0.4) is 0 Å². The predicted octanol–water partition coefficient (Wildman–Crippen LogP) is 4.58. The van der Waals surface area contributed by atoms with Gasteiger partial charge >= 0.3 is 5.97 Å². The quantitative estimate of drug-likeness (QED) is 0.445. The highest BCUT2D eigenvalue weighted by Gasteiger charge is 2.46. The Labute approximate surface area is 148 Å². The number of carbonyl (C=O) groups excluding carboxylic acids is 1. The molecule has 0 bridgehead atoms. The number of aliphatic hydroxyl groups is 1. The minimum Gasteiger partial charge on any atom is -0.463 e. The molecule has 4 nitrogen and oxygen atoms in total. The molecular formula is C19H36O4Si. The van der Waals surface area contributed by atoms with Gasteiger partial charge in [-0.25, -0.2) is 0 Å². The Morgan fingerprint density at radius 2 is 1.62 bits per heavy atom. The number of hydrogen-bond acceptors (Lipinski definition) is 4. The molecule has 0 radical (unpaired) electrons. The molecule has 0 fully saturated rings. The van der Waals surface area contributed by atoms with Gasteiger partial charge in [0.15, 0.2) is 0 Å². The molecule has 24 heavy (non-hydrogen) atoms. The van der Waals surface area contributed by atoms with Crippen molar-refractivity contribution in [3.05, 3.63) is 12.2 Å². The zero-order chi connectivity index (χ0) is 18.5. The van der Waals surface area contributed by atoms with Crippen molar-refractivity contribution in [2.24, 2.45) is 0 Å². The van der Waals surface area contributed by atoms with Gasteiger partial charge in [-0.2, -0.15) is 0 Å². The normalized spacial score (nSPS) is 28.3. The summed E-state index contributed by atoms with van der Waals surface area (Å²) in [7, 11) is -2.09. The van der Waals surface area contributed by atoms with E-state index < -0.39 is 14.4 Å². The molecule has 140 valence electrons. The second kappa shape index (κ2) is 9.16. The summed E-state index contributed by atoms with van der Waals surface area (Å²) in [6.07, 6.45) is 4.15. The lowest BCUT2D eigenvalue weighted by molar-refractivity contribution is -0.150. The number of carbonyl (C=O) groups is 1. The van der Waals surface area contributed by atoms with Crippen molar-refractivity contribution in [3.8, 4) is 0 Å². The molecule has 0 amide bonds. The molecule has 0 aromatic rings. The van der Waals surface area contributed by atoms with E-state index in [9.17, 15) is 9.90 Å². The maximum Gasteiger partial charge on any atom is 0.308 e. The van der Waals surface area contributed by atoms with Crippen LogP contribution >= 0.6 is 0 Å². The molecular weight excluding hydrogens is 320 g/mol. The second-order valence-corrected chi connectivity index (χ2v) is 13.4. The molecule has 1 aliphatic rings. The van der Waals surface area contributed by atoms with Gasteiger partial charge in [-0.15, -0.1) is 0 Å². The first kappa shape index (κ1) is 21.4. The van der Waals surface area contributed by atoms with Crippen LogP contribution in [0.2, 0.25) is 16.6 Å². The van der Waals surface area contributed by atoms with Crippen LogP contribution in [-0.2, 0) is 14.0 Å². The third-order valence-electron chi connectivity index (χ3n) is 5.18. The highest BCUT2D eigenvalue weighted by molar-refractivity contribution is 6.77. The predicted molar refractivity (Wildman–Crippen MR) is 100 cm³/mol. The van der Waals surface area contributed by atoms with Crippen LogP contribution in [-0.4, -0.2) is 37.7 Å². The first-order valence-corrected chi connectivity index (χ1v) is 11.5.